The van der Waals surface area contributed by atoms with Gasteiger partial charge < -0.3 is 0 Å². The second-order valence-corrected chi connectivity index (χ2v) is 4.90. The van der Waals surface area contributed by atoms with Crippen LogP contribution in [0.1, 0.15) is 6.92 Å². The second kappa shape index (κ2) is 3.93. The molecule has 1 radical (unpaired) electrons. The van der Waals surface area contributed by atoms with Gasteiger partial charge in [-0.25, -0.2) is 0 Å². The van der Waals surface area contributed by atoms with Gasteiger partial charge in [0.05, 0.1) is 11.4 Å². The van der Waals surface area contributed by atoms with Crippen LogP contribution >= 0.6 is 11.8 Å². The molecule has 0 unspecified atom stereocenters. The van der Waals surface area contributed by atoms with E-state index >= 15 is 0 Å². The highest BCUT2D eigenvalue weighted by atomic mass is 32.2. The van der Waals surface area contributed by atoms with E-state index in [4.69, 9.17) is 0 Å². The maximum Gasteiger partial charge on any atom is 0.228 e. The number of hydrogen-bond donors (Lipinski definition) is 0. The molecule has 1 aliphatic heterocycles. The molecule has 3 heteroatoms. The van der Waals surface area contributed by atoms with Crippen molar-refractivity contribution in [3.05, 3.63) is 48.5 Å². The highest BCUT2D eigenvalue weighted by Crippen LogP contribution is 2.47. The Balaban J connectivity index is 2.24. The summed E-state index contributed by atoms with van der Waals surface area (Å²) in [6.45, 7) is 1.59. The largest absolute Gasteiger partial charge is 0.279 e. The van der Waals surface area contributed by atoms with Crippen LogP contribution in [0.5, 0.6) is 0 Å². The van der Waals surface area contributed by atoms with Crippen LogP contribution in [-0.4, -0.2) is 5.91 Å². The van der Waals surface area contributed by atoms with Crippen molar-refractivity contribution in [1.82, 2.24) is 0 Å². The van der Waals surface area contributed by atoms with Crippen molar-refractivity contribution in [3.8, 4) is 0 Å². The molecular weight excluding hydrogens is 230 g/mol. The van der Waals surface area contributed by atoms with E-state index in [9.17, 15) is 4.79 Å². The van der Waals surface area contributed by atoms with Crippen molar-refractivity contribution >= 4 is 29.0 Å². The average molecular weight is 240 g/mol. The zero-order chi connectivity index (χ0) is 11.8. The Bertz CT molecular complexity index is 549. The van der Waals surface area contributed by atoms with Gasteiger partial charge in [-0.3, -0.25) is 9.69 Å². The maximum atomic E-state index is 11.8. The fourth-order valence-electron chi connectivity index (χ4n) is 1.98. The molecule has 2 aromatic carbocycles. The summed E-state index contributed by atoms with van der Waals surface area (Å²) in [6.07, 6.45) is 0. The lowest BCUT2D eigenvalue weighted by Crippen LogP contribution is -2.25. The fraction of sp³-hybridized carbons (Fsp3) is 0.0714. The topological polar surface area (TPSA) is 20.3 Å². The smallest absolute Gasteiger partial charge is 0.228 e. The molecule has 0 spiro atoms. The summed E-state index contributed by atoms with van der Waals surface area (Å²) in [6, 6.07) is 16.7. The summed E-state index contributed by atoms with van der Waals surface area (Å²) in [5, 5.41) is 0. The Labute approximate surface area is 104 Å². The zero-order valence-electron chi connectivity index (χ0n) is 9.31. The molecule has 2 nitrogen and oxygen atoms in total. The SMILES string of the molecule is CC(=O)N1c2c[c]ccc2Sc2ccccc21. The number of carbonyl (C=O) groups excluding carboxylic acids is 1. The number of nitrogens with zero attached hydrogens (tertiary/aromatic N) is 1. The molecule has 2 aromatic rings. The highest BCUT2D eigenvalue weighted by molar-refractivity contribution is 7.99. The van der Waals surface area contributed by atoms with Crippen LogP contribution in [0.3, 0.4) is 0 Å². The van der Waals surface area contributed by atoms with Crippen molar-refractivity contribution in [1.29, 1.82) is 0 Å². The molecule has 0 N–H and O–H groups in total. The molecule has 0 aliphatic carbocycles. The second-order valence-electron chi connectivity index (χ2n) is 3.82. The van der Waals surface area contributed by atoms with Gasteiger partial charge in [-0.1, -0.05) is 30.0 Å². The van der Waals surface area contributed by atoms with Gasteiger partial charge >= 0.3 is 0 Å². The van der Waals surface area contributed by atoms with Crippen LogP contribution in [0.2, 0.25) is 0 Å². The lowest BCUT2D eigenvalue weighted by molar-refractivity contribution is -0.115. The van der Waals surface area contributed by atoms with Gasteiger partial charge in [0.25, 0.3) is 0 Å². The summed E-state index contributed by atoms with van der Waals surface area (Å²) < 4.78 is 0. The summed E-state index contributed by atoms with van der Waals surface area (Å²) in [5.74, 6) is 0.0265. The number of para-hydroxylation sites is 1. The van der Waals surface area contributed by atoms with Crippen molar-refractivity contribution in [2.75, 3.05) is 4.90 Å². The Hall–Kier alpha value is -1.74. The maximum absolute atomic E-state index is 11.8. The molecule has 0 aromatic heterocycles. The number of hydrogen-bond acceptors (Lipinski definition) is 2. The minimum absolute atomic E-state index is 0.0265. The summed E-state index contributed by atoms with van der Waals surface area (Å²) in [7, 11) is 0. The highest BCUT2D eigenvalue weighted by Gasteiger charge is 2.25. The third-order valence-corrected chi connectivity index (χ3v) is 3.82. The Morgan fingerprint density at radius 3 is 2.76 bits per heavy atom. The van der Waals surface area contributed by atoms with Crippen molar-refractivity contribution in [2.24, 2.45) is 0 Å². The molecule has 1 amide bonds. The minimum Gasteiger partial charge on any atom is -0.279 e. The zero-order valence-corrected chi connectivity index (χ0v) is 10.1. The van der Waals surface area contributed by atoms with Gasteiger partial charge in [-0.15, -0.1) is 0 Å². The third kappa shape index (κ3) is 1.63. The molecular formula is C14H10NOS. The van der Waals surface area contributed by atoms with E-state index in [2.05, 4.69) is 6.07 Å². The number of rotatable bonds is 0. The number of fused-ring (bicyclic) bond motifs is 2. The minimum atomic E-state index is 0.0265. The summed E-state index contributed by atoms with van der Waals surface area (Å²) in [4.78, 5) is 15.8. The van der Waals surface area contributed by atoms with Crippen LogP contribution in [0.4, 0.5) is 11.4 Å². The van der Waals surface area contributed by atoms with Crippen LogP contribution in [0.25, 0.3) is 0 Å². The number of amides is 1. The molecule has 1 aliphatic rings. The van der Waals surface area contributed by atoms with Crippen LogP contribution < -0.4 is 4.90 Å². The molecule has 83 valence electrons. The molecule has 0 fully saturated rings. The van der Waals surface area contributed by atoms with Gasteiger partial charge in [0, 0.05) is 16.7 Å². The Morgan fingerprint density at radius 2 is 1.94 bits per heavy atom. The third-order valence-electron chi connectivity index (χ3n) is 2.69. The van der Waals surface area contributed by atoms with E-state index in [1.54, 1.807) is 23.6 Å². The summed E-state index contributed by atoms with van der Waals surface area (Å²) in [5.41, 5.74) is 1.88. The predicted molar refractivity (Wildman–Crippen MR) is 68.7 cm³/mol. The number of carbonyl (C=O) groups is 1. The first kappa shape index (κ1) is 10.4. The van der Waals surface area contributed by atoms with Crippen LogP contribution in [0.15, 0.2) is 52.3 Å². The molecule has 1 heterocycles. The van der Waals surface area contributed by atoms with Crippen molar-refractivity contribution < 1.29 is 4.79 Å². The molecule has 0 saturated heterocycles. The predicted octanol–water partition coefficient (Wildman–Crippen LogP) is 3.64. The van der Waals surface area contributed by atoms with E-state index in [1.807, 2.05) is 42.5 Å². The van der Waals surface area contributed by atoms with Gasteiger partial charge in [0.2, 0.25) is 5.91 Å². The van der Waals surface area contributed by atoms with E-state index in [1.165, 1.54) is 0 Å². The van der Waals surface area contributed by atoms with Gasteiger partial charge in [0.15, 0.2) is 0 Å². The summed E-state index contributed by atoms with van der Waals surface area (Å²) >= 11 is 1.69. The fourth-order valence-corrected chi connectivity index (χ4v) is 3.02. The standard InChI is InChI=1S/C14H10NOS/c1-10(16)15-11-6-2-4-8-13(11)17-14-9-5-3-7-12(14)15/h2,4-9H,1H3. The van der Waals surface area contributed by atoms with Crippen molar-refractivity contribution in [3.63, 3.8) is 0 Å². The first-order valence-corrected chi connectivity index (χ1v) is 6.17. The van der Waals surface area contributed by atoms with Gasteiger partial charge in [0.1, 0.15) is 0 Å². The molecule has 3 rings (SSSR count). The van der Waals surface area contributed by atoms with Gasteiger partial charge in [-0.2, -0.15) is 0 Å². The average Bonchev–Trinajstić information content (AvgIpc) is 2.35. The Kier molecular flexibility index (Phi) is 2.41. The monoisotopic (exact) mass is 240 g/mol. The normalized spacial score (nSPS) is 12.9. The lowest BCUT2D eigenvalue weighted by Gasteiger charge is -2.29. The molecule has 0 atom stereocenters. The van der Waals surface area contributed by atoms with E-state index in [0.29, 0.717) is 0 Å². The molecule has 0 saturated carbocycles. The first-order valence-electron chi connectivity index (χ1n) is 5.35. The number of anilines is 2. The van der Waals surface area contributed by atoms with E-state index < -0.39 is 0 Å². The quantitative estimate of drug-likeness (QED) is 0.700. The Morgan fingerprint density at radius 1 is 1.18 bits per heavy atom. The van der Waals surface area contributed by atoms with Gasteiger partial charge in [-0.05, 0) is 30.3 Å². The molecule has 17 heavy (non-hydrogen) atoms. The van der Waals surface area contributed by atoms with E-state index in [-0.39, 0.29) is 5.91 Å². The van der Waals surface area contributed by atoms with Crippen LogP contribution in [-0.2, 0) is 4.79 Å². The van der Waals surface area contributed by atoms with E-state index in [0.717, 1.165) is 21.2 Å². The lowest BCUT2D eigenvalue weighted by atomic mass is 10.2. The first-order chi connectivity index (χ1) is 8.27. The number of benzene rings is 2. The van der Waals surface area contributed by atoms with Crippen LogP contribution in [0, 0.1) is 6.07 Å². The van der Waals surface area contributed by atoms with Crippen molar-refractivity contribution in [2.45, 2.75) is 16.7 Å². The molecule has 0 bridgehead atoms.